The monoisotopic (exact) mass is 1060 g/mol. The molecule has 5 heterocycles. The van der Waals surface area contributed by atoms with Crippen LogP contribution in [0.1, 0.15) is 90.4 Å². The summed E-state index contributed by atoms with van der Waals surface area (Å²) in [4.78, 5) is 138. The van der Waals surface area contributed by atoms with E-state index in [1.165, 1.54) is 27.7 Å². The highest BCUT2D eigenvalue weighted by molar-refractivity contribution is 6.12. The van der Waals surface area contributed by atoms with Gasteiger partial charge in [-0.15, -0.1) is 0 Å². The number of esters is 1. The zero-order valence-corrected chi connectivity index (χ0v) is 43.0. The van der Waals surface area contributed by atoms with Gasteiger partial charge in [0.15, 0.2) is 5.60 Å². The molecule has 4 aromatic rings. The number of benzene rings is 2. The number of ether oxygens (including phenoxy) is 1. The van der Waals surface area contributed by atoms with Gasteiger partial charge in [0, 0.05) is 67.2 Å². The van der Waals surface area contributed by atoms with Gasteiger partial charge in [0.2, 0.25) is 35.4 Å². The van der Waals surface area contributed by atoms with Crippen LogP contribution in [0.15, 0.2) is 59.4 Å². The van der Waals surface area contributed by atoms with Crippen LogP contribution in [-0.4, -0.2) is 141 Å². The lowest BCUT2D eigenvalue weighted by molar-refractivity contribution is -0.172. The number of hydrogen-bond acceptors (Lipinski definition) is 14. The van der Waals surface area contributed by atoms with Crippen LogP contribution >= 0.6 is 0 Å². The smallest absolute Gasteiger partial charge is 0.343 e. The highest BCUT2D eigenvalue weighted by atomic mass is 19.1. The number of carbonyl (C=O) groups excluding carboxylic acids is 9. The van der Waals surface area contributed by atoms with Gasteiger partial charge >= 0.3 is 5.97 Å². The van der Waals surface area contributed by atoms with Crippen LogP contribution < -0.4 is 32.6 Å². The zero-order chi connectivity index (χ0) is 55.3. The highest BCUT2D eigenvalue weighted by Gasteiger charge is 2.46. The average molecular weight is 1060 g/mol. The summed E-state index contributed by atoms with van der Waals surface area (Å²) in [5.74, 6) is -5.79. The second-order valence-electron chi connectivity index (χ2n) is 19.8. The minimum atomic E-state index is -2.06. The van der Waals surface area contributed by atoms with Crippen molar-refractivity contribution in [1.29, 1.82) is 0 Å². The molecule has 0 saturated heterocycles. The summed E-state index contributed by atoms with van der Waals surface area (Å²) in [5, 5.41) is 22.8. The number of primary amides is 1. The Labute approximate surface area is 441 Å². The Morgan fingerprint density at radius 2 is 1.62 bits per heavy atom. The van der Waals surface area contributed by atoms with Gasteiger partial charge in [0.1, 0.15) is 18.5 Å². The molecular formula is C54H61FN10O12. The molecule has 0 radical (unpaired) electrons. The largest absolute Gasteiger partial charge is 0.458 e. The van der Waals surface area contributed by atoms with E-state index in [1.54, 1.807) is 62.2 Å². The molecule has 2 aromatic heterocycles. The fourth-order valence-electron chi connectivity index (χ4n) is 10.4. The van der Waals surface area contributed by atoms with Crippen molar-refractivity contribution in [3.8, 4) is 11.4 Å². The van der Waals surface area contributed by atoms with E-state index in [0.717, 1.165) is 10.5 Å². The molecule has 0 fully saturated rings. The molecule has 4 aliphatic rings. The summed E-state index contributed by atoms with van der Waals surface area (Å²) >= 11 is 0. The summed E-state index contributed by atoms with van der Waals surface area (Å²) in [6.45, 7) is 1.56. The molecule has 0 unspecified atom stereocenters. The Bertz CT molecular complexity index is 3160. The number of unbranched alkanes of at least 4 members (excludes halogenated alkanes) is 2. The number of amides is 8. The number of aryl methyl sites for hydroxylation is 1. The molecule has 0 spiro atoms. The number of carbonyl (C=O) groups is 9. The molecule has 2 aromatic carbocycles. The van der Waals surface area contributed by atoms with Crippen molar-refractivity contribution >= 4 is 64.1 Å². The van der Waals surface area contributed by atoms with Gasteiger partial charge in [0.25, 0.3) is 17.4 Å². The van der Waals surface area contributed by atoms with E-state index in [9.17, 15) is 53.1 Å². The number of hydrogen-bond donors (Lipinski definition) is 6. The van der Waals surface area contributed by atoms with Crippen molar-refractivity contribution in [3.63, 3.8) is 0 Å². The third-order valence-electron chi connectivity index (χ3n) is 14.5. The number of nitrogens with one attached hydrogen (secondary N) is 4. The van der Waals surface area contributed by atoms with E-state index in [2.05, 4.69) is 21.3 Å². The molecule has 23 heteroatoms. The van der Waals surface area contributed by atoms with Gasteiger partial charge in [-0.05, 0) is 74.4 Å². The summed E-state index contributed by atoms with van der Waals surface area (Å²) in [7, 11) is 1.64. The first-order chi connectivity index (χ1) is 36.8. The number of cyclic esters (lactones) is 1. The average Bonchev–Trinajstić information content (AvgIpc) is 4.05. The zero-order valence-electron chi connectivity index (χ0n) is 43.0. The maximum atomic E-state index is 15.5. The standard InChI is InChI=1S/C54H61FN10O12/c1-4-54(76)35-22-40-50-33(26-65(40)51(73)34(35)29-77-53(54)75)49-37(15-14-32-30(2)36(55)23-38(61-50)48(32)49)59-45(70)28-62(3)19-20-63(27-41(56)66)52(74)39(21-31-11-7-5-8-12-31)60-44(69)25-58-43(68)24-57-42(67)13-9-6-10-18-64-46(71)16-17-47(64)72/h5,7-8,11-12,16-17,22-23,37,39,76H,4,6,9-10,13-15,18-21,24-29H2,1-3H3,(H2,56,66)(H,57,67)(H,58,68)(H,59,70)(H,60,69)/t37-,39-,54-/m0/s1. The van der Waals surface area contributed by atoms with E-state index in [1.807, 2.05) is 0 Å². The van der Waals surface area contributed by atoms with Gasteiger partial charge in [-0.2, -0.15) is 0 Å². The van der Waals surface area contributed by atoms with Crippen molar-refractivity contribution in [2.45, 2.75) is 96.1 Å². The van der Waals surface area contributed by atoms with Crippen molar-refractivity contribution in [1.82, 2.24) is 45.5 Å². The molecule has 3 aliphatic heterocycles. The Hall–Kier alpha value is -8.18. The van der Waals surface area contributed by atoms with E-state index in [-0.39, 0.29) is 81.5 Å². The maximum Gasteiger partial charge on any atom is 0.343 e. The second-order valence-corrected chi connectivity index (χ2v) is 19.8. The summed E-state index contributed by atoms with van der Waals surface area (Å²) in [5.41, 5.74) is 7.52. The van der Waals surface area contributed by atoms with Crippen LogP contribution in [0, 0.1) is 12.7 Å². The van der Waals surface area contributed by atoms with Gasteiger partial charge in [-0.1, -0.05) is 43.7 Å². The third kappa shape index (κ3) is 11.9. The summed E-state index contributed by atoms with van der Waals surface area (Å²) in [6, 6.07) is 9.85. The molecule has 8 rings (SSSR count). The Balaban J connectivity index is 0.893. The number of fused-ring (bicyclic) bond motifs is 5. The van der Waals surface area contributed by atoms with Gasteiger partial charge < -0.3 is 46.3 Å². The van der Waals surface area contributed by atoms with E-state index >= 15 is 4.39 Å². The Morgan fingerprint density at radius 1 is 0.909 bits per heavy atom. The fourth-order valence-corrected chi connectivity index (χ4v) is 10.4. The van der Waals surface area contributed by atoms with Gasteiger partial charge in [-0.3, -0.25) is 53.0 Å². The number of nitrogens with two attached hydrogens (primary N) is 1. The first-order valence-corrected chi connectivity index (χ1v) is 25.5. The molecule has 8 amide bonds. The Morgan fingerprint density at radius 3 is 2.34 bits per heavy atom. The minimum Gasteiger partial charge on any atom is -0.458 e. The van der Waals surface area contributed by atoms with Crippen LogP contribution in [-0.2, 0) is 79.5 Å². The van der Waals surface area contributed by atoms with Crippen molar-refractivity contribution in [2.24, 2.45) is 5.73 Å². The van der Waals surface area contributed by atoms with Gasteiger partial charge in [0.05, 0.1) is 61.2 Å². The topological polar surface area (TPSA) is 302 Å². The third-order valence-corrected chi connectivity index (χ3v) is 14.5. The molecule has 22 nitrogen and oxygen atoms in total. The van der Waals surface area contributed by atoms with Crippen molar-refractivity contribution in [3.05, 3.63) is 110 Å². The van der Waals surface area contributed by atoms with Crippen molar-refractivity contribution in [2.75, 3.05) is 52.9 Å². The SMILES string of the molecule is CC[C@@]1(O)C(=O)OCc2c1cc1n(c2=O)Cc2c-1nc1cc(F)c(C)c3c1c2[C@@H](NC(=O)CN(C)CCN(CC(N)=O)C(=O)[C@H](Cc1ccccc1)NC(=O)CNC(=O)CNC(=O)CCCCCN1C(=O)C=CC1=O)CC3. The maximum absolute atomic E-state index is 15.5. The first-order valence-electron chi connectivity index (χ1n) is 25.5. The molecule has 0 saturated carbocycles. The number of imide groups is 1. The number of rotatable bonds is 23. The molecule has 7 N–H and O–H groups in total. The molecule has 77 heavy (non-hydrogen) atoms. The van der Waals surface area contributed by atoms with Gasteiger partial charge in [-0.25, -0.2) is 14.2 Å². The van der Waals surface area contributed by atoms with E-state index in [0.29, 0.717) is 76.6 Å². The molecule has 406 valence electrons. The number of likely N-dealkylation sites (N-methyl/N-ethyl adjacent to an activating group) is 1. The quantitative estimate of drug-likeness (QED) is 0.0292. The van der Waals surface area contributed by atoms with Crippen LogP contribution in [0.4, 0.5) is 4.39 Å². The van der Waals surface area contributed by atoms with Crippen LogP contribution in [0.5, 0.6) is 0 Å². The van der Waals surface area contributed by atoms with Crippen LogP contribution in [0.3, 0.4) is 0 Å². The van der Waals surface area contributed by atoms with Crippen LogP contribution in [0.25, 0.3) is 22.3 Å². The van der Waals surface area contributed by atoms with E-state index in [4.69, 9.17) is 15.5 Å². The minimum absolute atomic E-state index is 0.00417. The lowest BCUT2D eigenvalue weighted by atomic mass is 9.81. The number of aliphatic hydroxyl groups is 1. The first kappa shape index (κ1) is 55.1. The molecule has 0 bridgehead atoms. The van der Waals surface area contributed by atoms with Crippen LogP contribution in [0.2, 0.25) is 0 Å². The lowest BCUT2D eigenvalue weighted by Gasteiger charge is -2.31. The predicted octanol–water partition coefficient (Wildman–Crippen LogP) is 0.322. The van der Waals surface area contributed by atoms with E-state index < -0.39 is 90.1 Å². The summed E-state index contributed by atoms with van der Waals surface area (Å²) < 4.78 is 22.2. The number of halogens is 1. The molecule has 1 aliphatic carbocycles. The number of nitrogens with zero attached hydrogens (tertiary/aromatic N) is 5. The number of aromatic nitrogens is 2. The highest BCUT2D eigenvalue weighted by Crippen LogP contribution is 2.46. The second kappa shape index (κ2) is 23.4. The number of pyridine rings is 2. The molecule has 3 atom stereocenters. The Kier molecular flexibility index (Phi) is 16.7. The predicted molar refractivity (Wildman–Crippen MR) is 274 cm³/mol. The molecular weight excluding hydrogens is 1000 g/mol. The van der Waals surface area contributed by atoms with Crippen molar-refractivity contribution < 1.29 is 57.4 Å². The normalized spacial score (nSPS) is 17.4. The lowest BCUT2D eigenvalue weighted by Crippen LogP contribution is -2.54. The fraction of sp³-hybridized carbons (Fsp3) is 0.426. The summed E-state index contributed by atoms with van der Waals surface area (Å²) in [6.07, 6.45) is 4.77.